The minimum absolute atomic E-state index is 0.0202. The Balaban J connectivity index is 1.57. The second-order valence-corrected chi connectivity index (χ2v) is 6.10. The number of pyridine rings is 1. The van der Waals surface area contributed by atoms with E-state index in [0.29, 0.717) is 21.9 Å². The number of benzene rings is 2. The monoisotopic (exact) mass is 377 g/mol. The number of carbonyl (C=O) groups is 1. The third kappa shape index (κ3) is 5.11. The number of aromatic nitrogens is 1. The highest BCUT2D eigenvalue weighted by Crippen LogP contribution is 2.19. The van der Waals surface area contributed by atoms with Crippen LogP contribution in [0.25, 0.3) is 6.08 Å². The van der Waals surface area contributed by atoms with Crippen LogP contribution in [0.2, 0.25) is 0 Å². The number of hydrogen-bond acceptors (Lipinski definition) is 5. The Labute approximate surface area is 161 Å². The Kier molecular flexibility index (Phi) is 5.91. The average Bonchev–Trinajstić information content (AvgIpc) is 2.70. The topological polar surface area (TPSA) is 77.8 Å². The number of carbonyl (C=O) groups excluding carboxylic acids is 1. The normalized spacial score (nSPS) is 10.8. The Hall–Kier alpha value is -3.80. The van der Waals surface area contributed by atoms with Crippen LogP contribution in [0.15, 0.2) is 77.6 Å². The number of esters is 1. The molecule has 0 bridgehead atoms. The van der Waals surface area contributed by atoms with E-state index >= 15 is 0 Å². The van der Waals surface area contributed by atoms with Gasteiger partial charge in [0.25, 0.3) is 5.56 Å². The molecule has 0 saturated carbocycles. The fourth-order valence-corrected chi connectivity index (χ4v) is 2.51. The van der Waals surface area contributed by atoms with Crippen molar-refractivity contribution in [3.8, 4) is 11.5 Å². The van der Waals surface area contributed by atoms with E-state index in [1.807, 2.05) is 30.3 Å². The third-order valence-electron chi connectivity index (χ3n) is 3.87. The highest BCUT2D eigenvalue weighted by Gasteiger charge is 2.06. The van der Waals surface area contributed by atoms with Crippen LogP contribution < -0.4 is 15.0 Å². The van der Waals surface area contributed by atoms with Crippen LogP contribution in [-0.4, -0.2) is 15.9 Å². The molecule has 142 valence electrons. The summed E-state index contributed by atoms with van der Waals surface area (Å²) in [6.45, 7) is 1.78. The van der Waals surface area contributed by atoms with Crippen molar-refractivity contribution in [3.63, 3.8) is 0 Å². The van der Waals surface area contributed by atoms with Gasteiger partial charge in [-0.1, -0.05) is 30.3 Å². The first-order valence-electron chi connectivity index (χ1n) is 8.61. The second-order valence-electron chi connectivity index (χ2n) is 6.10. The molecule has 1 N–H and O–H groups in total. The van der Waals surface area contributed by atoms with Crippen molar-refractivity contribution in [2.24, 2.45) is 0 Å². The molecule has 0 fully saturated rings. The molecule has 3 aromatic rings. The molecule has 1 heterocycles. The van der Waals surface area contributed by atoms with Gasteiger partial charge in [0.15, 0.2) is 0 Å². The lowest BCUT2D eigenvalue weighted by Crippen LogP contribution is -2.21. The quantitative estimate of drug-likeness (QED) is 0.307. The fourth-order valence-electron chi connectivity index (χ4n) is 2.51. The number of rotatable bonds is 6. The predicted molar refractivity (Wildman–Crippen MR) is 105 cm³/mol. The van der Waals surface area contributed by atoms with Gasteiger partial charge in [-0.3, -0.25) is 4.79 Å². The van der Waals surface area contributed by atoms with Gasteiger partial charge in [-0.15, -0.1) is 4.73 Å². The van der Waals surface area contributed by atoms with E-state index in [0.717, 1.165) is 11.1 Å². The predicted octanol–water partition coefficient (Wildman–Crippen LogP) is 3.59. The molecule has 28 heavy (non-hydrogen) atoms. The van der Waals surface area contributed by atoms with Crippen molar-refractivity contribution in [3.05, 3.63) is 100.0 Å². The summed E-state index contributed by atoms with van der Waals surface area (Å²) in [5, 5.41) is 9.74. The Bertz CT molecular complexity index is 1040. The maximum absolute atomic E-state index is 11.9. The van der Waals surface area contributed by atoms with Gasteiger partial charge in [0.2, 0.25) is 0 Å². The molecular formula is C22H19NO5. The van der Waals surface area contributed by atoms with Gasteiger partial charge in [-0.25, -0.2) is 4.79 Å². The molecule has 0 aliphatic rings. The molecule has 2 aromatic carbocycles. The summed E-state index contributed by atoms with van der Waals surface area (Å²) in [5.74, 6) is 0.403. The first kappa shape index (κ1) is 19.0. The van der Waals surface area contributed by atoms with Crippen LogP contribution in [0.3, 0.4) is 0 Å². The standard InChI is InChI=1S/C22H19NO5/c1-16-13-18(23(26)21(24)14-16)15-27-19-8-10-20(11-9-19)28-22(25)12-7-17-5-3-2-4-6-17/h2-14,26H,15H2,1H3. The highest BCUT2D eigenvalue weighted by molar-refractivity contribution is 5.88. The molecule has 1 aromatic heterocycles. The van der Waals surface area contributed by atoms with Crippen molar-refractivity contribution in [1.82, 2.24) is 4.73 Å². The summed E-state index contributed by atoms with van der Waals surface area (Å²) in [5.41, 5.74) is 1.47. The van der Waals surface area contributed by atoms with E-state index in [1.54, 1.807) is 43.3 Å². The highest BCUT2D eigenvalue weighted by atomic mass is 16.5. The van der Waals surface area contributed by atoms with Crippen LogP contribution in [0.4, 0.5) is 0 Å². The van der Waals surface area contributed by atoms with Crippen LogP contribution >= 0.6 is 0 Å². The average molecular weight is 377 g/mol. The molecule has 0 aliphatic carbocycles. The molecule has 3 rings (SSSR count). The smallest absolute Gasteiger partial charge is 0.336 e. The maximum atomic E-state index is 11.9. The molecule has 0 aliphatic heterocycles. The minimum Gasteiger partial charge on any atom is -0.487 e. The molecule has 0 spiro atoms. The lowest BCUT2D eigenvalue weighted by molar-refractivity contribution is -0.128. The van der Waals surface area contributed by atoms with E-state index in [1.165, 1.54) is 12.1 Å². The van der Waals surface area contributed by atoms with E-state index in [2.05, 4.69) is 0 Å². The third-order valence-corrected chi connectivity index (χ3v) is 3.87. The van der Waals surface area contributed by atoms with Crippen LogP contribution in [-0.2, 0) is 11.4 Å². The fraction of sp³-hybridized carbons (Fsp3) is 0.0909. The molecule has 0 unspecified atom stereocenters. The summed E-state index contributed by atoms with van der Waals surface area (Å²) >= 11 is 0. The van der Waals surface area contributed by atoms with Gasteiger partial charge in [-0.05, 0) is 54.5 Å². The zero-order chi connectivity index (χ0) is 19.9. The van der Waals surface area contributed by atoms with Gasteiger partial charge in [0.1, 0.15) is 18.1 Å². The first-order valence-corrected chi connectivity index (χ1v) is 8.61. The van der Waals surface area contributed by atoms with Gasteiger partial charge in [0.05, 0.1) is 5.69 Å². The molecule has 6 nitrogen and oxygen atoms in total. The molecule has 0 atom stereocenters. The summed E-state index contributed by atoms with van der Waals surface area (Å²) in [7, 11) is 0. The lowest BCUT2D eigenvalue weighted by Gasteiger charge is -2.10. The second kappa shape index (κ2) is 8.73. The van der Waals surface area contributed by atoms with Gasteiger partial charge < -0.3 is 14.7 Å². The lowest BCUT2D eigenvalue weighted by atomic mass is 10.2. The van der Waals surface area contributed by atoms with E-state index < -0.39 is 11.5 Å². The Morgan fingerprint density at radius 3 is 2.43 bits per heavy atom. The zero-order valence-corrected chi connectivity index (χ0v) is 15.2. The maximum Gasteiger partial charge on any atom is 0.336 e. The van der Waals surface area contributed by atoms with Crippen molar-refractivity contribution in [1.29, 1.82) is 0 Å². The summed E-state index contributed by atoms with van der Waals surface area (Å²) in [6.07, 6.45) is 3.04. The molecule has 0 saturated heterocycles. The SMILES string of the molecule is Cc1cc(COc2ccc(OC(=O)C=Cc3ccccc3)cc2)n(O)c(=O)c1. The van der Waals surface area contributed by atoms with Crippen molar-refractivity contribution < 1.29 is 19.5 Å². The molecule has 0 amide bonds. The molecule has 0 radical (unpaired) electrons. The Morgan fingerprint density at radius 1 is 1.04 bits per heavy atom. The van der Waals surface area contributed by atoms with Crippen LogP contribution in [0.5, 0.6) is 11.5 Å². The number of ether oxygens (including phenoxy) is 2. The summed E-state index contributed by atoms with van der Waals surface area (Å²) in [6, 6.07) is 18.9. The Morgan fingerprint density at radius 2 is 1.71 bits per heavy atom. The van der Waals surface area contributed by atoms with Gasteiger partial charge in [0, 0.05) is 12.1 Å². The van der Waals surface area contributed by atoms with Gasteiger partial charge >= 0.3 is 5.97 Å². The largest absolute Gasteiger partial charge is 0.487 e. The molecular weight excluding hydrogens is 358 g/mol. The van der Waals surface area contributed by atoms with E-state index in [4.69, 9.17) is 9.47 Å². The number of nitrogens with zero attached hydrogens (tertiary/aromatic N) is 1. The zero-order valence-electron chi connectivity index (χ0n) is 15.2. The van der Waals surface area contributed by atoms with Gasteiger partial charge in [-0.2, -0.15) is 0 Å². The van der Waals surface area contributed by atoms with Crippen molar-refractivity contribution >= 4 is 12.0 Å². The van der Waals surface area contributed by atoms with Crippen LogP contribution in [0, 0.1) is 6.92 Å². The first-order chi connectivity index (χ1) is 13.5. The summed E-state index contributed by atoms with van der Waals surface area (Å²) in [4.78, 5) is 23.4. The minimum atomic E-state index is -0.510. The van der Waals surface area contributed by atoms with Crippen molar-refractivity contribution in [2.75, 3.05) is 0 Å². The van der Waals surface area contributed by atoms with Crippen molar-refractivity contribution in [2.45, 2.75) is 13.5 Å². The number of aryl methyl sites for hydroxylation is 1. The van der Waals surface area contributed by atoms with Crippen LogP contribution in [0.1, 0.15) is 16.8 Å². The summed E-state index contributed by atoms with van der Waals surface area (Å²) < 4.78 is 11.4. The van der Waals surface area contributed by atoms with E-state index in [-0.39, 0.29) is 6.61 Å². The molecule has 6 heteroatoms. The van der Waals surface area contributed by atoms with E-state index in [9.17, 15) is 14.8 Å². The number of hydrogen-bond donors (Lipinski definition) is 1.